The van der Waals surface area contributed by atoms with Gasteiger partial charge in [-0.25, -0.2) is 0 Å². The van der Waals surface area contributed by atoms with Crippen LogP contribution in [0.5, 0.6) is 0 Å². The first-order valence-corrected chi connectivity index (χ1v) is 4.44. The predicted octanol–water partition coefficient (Wildman–Crippen LogP) is 1.92. The monoisotopic (exact) mass is 158 g/mol. The molecule has 0 radical (unpaired) electrons. The summed E-state index contributed by atoms with van der Waals surface area (Å²) in [5, 5.41) is 9.24. The van der Waals surface area contributed by atoms with E-state index in [2.05, 4.69) is 20.8 Å². The van der Waals surface area contributed by atoms with Crippen LogP contribution in [-0.4, -0.2) is 17.0 Å². The second-order valence-corrected chi connectivity index (χ2v) is 3.77. The highest BCUT2D eigenvalue weighted by Gasteiger charge is 2.40. The van der Waals surface area contributed by atoms with Gasteiger partial charge < -0.3 is 9.84 Å². The van der Waals surface area contributed by atoms with Crippen LogP contribution in [0.25, 0.3) is 0 Å². The van der Waals surface area contributed by atoms with Gasteiger partial charge >= 0.3 is 0 Å². The Morgan fingerprint density at radius 3 is 2.64 bits per heavy atom. The Morgan fingerprint density at radius 2 is 2.27 bits per heavy atom. The van der Waals surface area contributed by atoms with Gasteiger partial charge in [0.05, 0.1) is 5.60 Å². The fourth-order valence-corrected chi connectivity index (χ4v) is 1.83. The quantitative estimate of drug-likeness (QED) is 0.665. The van der Waals surface area contributed by atoms with Crippen LogP contribution in [0.2, 0.25) is 0 Å². The lowest BCUT2D eigenvalue weighted by atomic mass is 9.87. The van der Waals surface area contributed by atoms with Crippen molar-refractivity contribution in [1.82, 2.24) is 0 Å². The van der Waals surface area contributed by atoms with E-state index in [1.807, 2.05) is 0 Å². The molecule has 0 saturated carbocycles. The third-order valence-electron chi connectivity index (χ3n) is 2.75. The molecule has 0 aromatic heterocycles. The molecule has 11 heavy (non-hydrogen) atoms. The molecule has 1 rings (SSSR count). The molecule has 2 nitrogen and oxygen atoms in total. The molecule has 0 bridgehead atoms. The Labute approximate surface area is 68.6 Å². The number of hydrogen-bond acceptors (Lipinski definition) is 2. The predicted molar refractivity (Wildman–Crippen MR) is 44.2 cm³/mol. The first-order valence-electron chi connectivity index (χ1n) is 4.44. The van der Waals surface area contributed by atoms with Crippen molar-refractivity contribution in [2.75, 3.05) is 0 Å². The number of ether oxygens (including phenoxy) is 1. The average molecular weight is 158 g/mol. The molecule has 0 aromatic carbocycles. The lowest BCUT2D eigenvalue weighted by Gasteiger charge is -2.27. The topological polar surface area (TPSA) is 29.5 Å². The van der Waals surface area contributed by atoms with Crippen molar-refractivity contribution in [3.05, 3.63) is 0 Å². The Bertz CT molecular complexity index is 136. The summed E-state index contributed by atoms with van der Waals surface area (Å²) in [6, 6.07) is 0. The van der Waals surface area contributed by atoms with Gasteiger partial charge in [0.25, 0.3) is 0 Å². The van der Waals surface area contributed by atoms with Crippen LogP contribution >= 0.6 is 0 Å². The van der Waals surface area contributed by atoms with E-state index in [9.17, 15) is 5.11 Å². The minimum absolute atomic E-state index is 0.0752. The molecule has 0 amide bonds. The first-order chi connectivity index (χ1) is 5.08. The standard InChI is InChI=1S/C9H18O2/c1-4-5-9(3)7(2)6-8(10)11-9/h7-8,10H,4-6H2,1-3H3. The molecule has 1 fully saturated rings. The Kier molecular flexibility index (Phi) is 2.55. The zero-order valence-corrected chi connectivity index (χ0v) is 7.63. The van der Waals surface area contributed by atoms with Gasteiger partial charge in [0.2, 0.25) is 0 Å². The molecule has 1 saturated heterocycles. The highest BCUT2D eigenvalue weighted by molar-refractivity contribution is 4.87. The third kappa shape index (κ3) is 1.74. The van der Waals surface area contributed by atoms with Crippen molar-refractivity contribution < 1.29 is 9.84 Å². The van der Waals surface area contributed by atoms with Crippen LogP contribution < -0.4 is 0 Å². The van der Waals surface area contributed by atoms with Crippen molar-refractivity contribution in [1.29, 1.82) is 0 Å². The lowest BCUT2D eigenvalue weighted by molar-refractivity contribution is -0.137. The van der Waals surface area contributed by atoms with E-state index >= 15 is 0 Å². The van der Waals surface area contributed by atoms with Gasteiger partial charge in [-0.15, -0.1) is 0 Å². The summed E-state index contributed by atoms with van der Waals surface area (Å²) in [5.74, 6) is 0.484. The SMILES string of the molecule is CCCC1(C)OC(O)CC1C. The fourth-order valence-electron chi connectivity index (χ4n) is 1.83. The highest BCUT2D eigenvalue weighted by atomic mass is 16.6. The highest BCUT2D eigenvalue weighted by Crippen LogP contribution is 2.37. The Morgan fingerprint density at radius 1 is 1.64 bits per heavy atom. The molecule has 0 aliphatic carbocycles. The van der Waals surface area contributed by atoms with E-state index in [0.29, 0.717) is 5.92 Å². The summed E-state index contributed by atoms with van der Waals surface area (Å²) in [6.45, 7) is 6.38. The molecule has 0 aromatic rings. The van der Waals surface area contributed by atoms with Crippen LogP contribution in [0.1, 0.15) is 40.0 Å². The van der Waals surface area contributed by atoms with Gasteiger partial charge in [-0.3, -0.25) is 0 Å². The maximum absolute atomic E-state index is 9.24. The molecule has 3 atom stereocenters. The molecular formula is C9H18O2. The van der Waals surface area contributed by atoms with E-state index in [0.717, 1.165) is 19.3 Å². The van der Waals surface area contributed by atoms with E-state index in [4.69, 9.17) is 4.74 Å². The normalized spacial score (nSPS) is 44.7. The van der Waals surface area contributed by atoms with Crippen molar-refractivity contribution in [2.24, 2.45) is 5.92 Å². The number of hydrogen-bond donors (Lipinski definition) is 1. The summed E-state index contributed by atoms with van der Waals surface area (Å²) < 4.78 is 5.46. The van der Waals surface area contributed by atoms with Crippen LogP contribution in [0.4, 0.5) is 0 Å². The zero-order valence-electron chi connectivity index (χ0n) is 7.63. The maximum Gasteiger partial charge on any atom is 0.155 e. The van der Waals surface area contributed by atoms with Crippen LogP contribution in [0, 0.1) is 5.92 Å². The van der Waals surface area contributed by atoms with Crippen LogP contribution in [0.15, 0.2) is 0 Å². The number of aliphatic hydroxyl groups is 1. The average Bonchev–Trinajstić information content (AvgIpc) is 2.08. The molecule has 3 unspecified atom stereocenters. The van der Waals surface area contributed by atoms with Gasteiger partial charge in [-0.05, 0) is 19.3 Å². The largest absolute Gasteiger partial charge is 0.368 e. The smallest absolute Gasteiger partial charge is 0.155 e. The van der Waals surface area contributed by atoms with Gasteiger partial charge in [0.1, 0.15) is 0 Å². The molecule has 1 N–H and O–H groups in total. The first kappa shape index (κ1) is 9.01. The van der Waals surface area contributed by atoms with E-state index < -0.39 is 6.29 Å². The number of aliphatic hydroxyl groups excluding tert-OH is 1. The van der Waals surface area contributed by atoms with E-state index in [-0.39, 0.29) is 5.60 Å². The third-order valence-corrected chi connectivity index (χ3v) is 2.75. The molecule has 1 heterocycles. The van der Waals surface area contributed by atoms with E-state index in [1.54, 1.807) is 0 Å². The summed E-state index contributed by atoms with van der Waals surface area (Å²) in [7, 11) is 0. The van der Waals surface area contributed by atoms with Crippen LogP contribution in [-0.2, 0) is 4.74 Å². The number of rotatable bonds is 2. The lowest BCUT2D eigenvalue weighted by Crippen LogP contribution is -2.30. The van der Waals surface area contributed by atoms with Gasteiger partial charge in [0.15, 0.2) is 6.29 Å². The maximum atomic E-state index is 9.24. The minimum Gasteiger partial charge on any atom is -0.368 e. The minimum atomic E-state index is -0.526. The summed E-state index contributed by atoms with van der Waals surface area (Å²) in [4.78, 5) is 0. The van der Waals surface area contributed by atoms with Crippen molar-refractivity contribution in [2.45, 2.75) is 51.9 Å². The van der Waals surface area contributed by atoms with Gasteiger partial charge in [-0.1, -0.05) is 20.3 Å². The zero-order chi connectivity index (χ0) is 8.48. The van der Waals surface area contributed by atoms with Crippen molar-refractivity contribution in [3.63, 3.8) is 0 Å². The van der Waals surface area contributed by atoms with Crippen molar-refractivity contribution in [3.8, 4) is 0 Å². The molecular weight excluding hydrogens is 140 g/mol. The summed E-state index contributed by atoms with van der Waals surface area (Å²) in [5.41, 5.74) is -0.0752. The fraction of sp³-hybridized carbons (Fsp3) is 1.00. The van der Waals surface area contributed by atoms with E-state index in [1.165, 1.54) is 0 Å². The molecule has 0 spiro atoms. The van der Waals surface area contributed by atoms with Gasteiger partial charge in [0, 0.05) is 6.42 Å². The van der Waals surface area contributed by atoms with Crippen molar-refractivity contribution >= 4 is 0 Å². The second-order valence-electron chi connectivity index (χ2n) is 3.77. The Hall–Kier alpha value is -0.0800. The summed E-state index contributed by atoms with van der Waals surface area (Å²) in [6.07, 6.45) is 2.43. The molecule has 1 aliphatic heterocycles. The molecule has 66 valence electrons. The van der Waals surface area contributed by atoms with Gasteiger partial charge in [-0.2, -0.15) is 0 Å². The second kappa shape index (κ2) is 3.11. The Balaban J connectivity index is 2.55. The van der Waals surface area contributed by atoms with Crippen LogP contribution in [0.3, 0.4) is 0 Å². The summed E-state index contributed by atoms with van der Waals surface area (Å²) >= 11 is 0. The molecule has 1 aliphatic rings. The molecule has 2 heteroatoms.